The quantitative estimate of drug-likeness (QED) is 0.581. The molecule has 0 radical (unpaired) electrons. The smallest absolute Gasteiger partial charge is 0.0468 e. The predicted molar refractivity (Wildman–Crippen MR) is 44.7 cm³/mol. The molecule has 1 fully saturated rings. The van der Waals surface area contributed by atoms with Crippen molar-refractivity contribution in [2.45, 2.75) is 26.2 Å². The Balaban J connectivity index is 1.96. The van der Waals surface area contributed by atoms with Crippen molar-refractivity contribution in [2.75, 3.05) is 26.4 Å². The van der Waals surface area contributed by atoms with Crippen LogP contribution < -0.4 is 0 Å². The fourth-order valence-corrected chi connectivity index (χ4v) is 1.43. The van der Waals surface area contributed by atoms with E-state index >= 15 is 0 Å². The first-order chi connectivity index (χ1) is 5.43. The van der Waals surface area contributed by atoms with Crippen LogP contribution in [-0.4, -0.2) is 26.4 Å². The Kier molecular flexibility index (Phi) is 4.55. The molecule has 1 saturated heterocycles. The molecule has 1 aliphatic rings. The van der Waals surface area contributed by atoms with Crippen LogP contribution in [0.1, 0.15) is 26.2 Å². The van der Waals surface area contributed by atoms with Gasteiger partial charge in [-0.25, -0.2) is 0 Å². The van der Waals surface area contributed by atoms with Crippen LogP contribution >= 0.6 is 0 Å². The van der Waals surface area contributed by atoms with Gasteiger partial charge < -0.3 is 9.47 Å². The first-order valence-electron chi connectivity index (χ1n) is 4.59. The molecule has 1 aliphatic heterocycles. The van der Waals surface area contributed by atoms with Gasteiger partial charge >= 0.3 is 0 Å². The molecule has 0 atom stereocenters. The standard InChI is InChI=1S/C9H18O2/c1-2-10-6-3-9-4-7-11-8-5-9/h9H,2-8H2,1H3. The van der Waals surface area contributed by atoms with E-state index in [9.17, 15) is 0 Å². The van der Waals surface area contributed by atoms with E-state index in [1.54, 1.807) is 0 Å². The lowest BCUT2D eigenvalue weighted by Crippen LogP contribution is -2.17. The molecular formula is C9H18O2. The average Bonchev–Trinajstić information content (AvgIpc) is 2.07. The van der Waals surface area contributed by atoms with Gasteiger partial charge in [0.25, 0.3) is 0 Å². The molecule has 0 amide bonds. The predicted octanol–water partition coefficient (Wildman–Crippen LogP) is 1.84. The van der Waals surface area contributed by atoms with Gasteiger partial charge in [-0.2, -0.15) is 0 Å². The second-order valence-corrected chi connectivity index (χ2v) is 3.04. The first-order valence-corrected chi connectivity index (χ1v) is 4.59. The summed E-state index contributed by atoms with van der Waals surface area (Å²) in [7, 11) is 0. The summed E-state index contributed by atoms with van der Waals surface area (Å²) < 4.78 is 10.6. The highest BCUT2D eigenvalue weighted by Crippen LogP contribution is 2.17. The molecule has 1 rings (SSSR count). The van der Waals surface area contributed by atoms with Crippen LogP contribution in [0.25, 0.3) is 0 Å². The molecule has 0 aromatic heterocycles. The molecule has 1 heterocycles. The van der Waals surface area contributed by atoms with Crippen molar-refractivity contribution in [3.8, 4) is 0 Å². The summed E-state index contributed by atoms with van der Waals surface area (Å²) in [6, 6.07) is 0. The zero-order valence-electron chi connectivity index (χ0n) is 7.34. The lowest BCUT2D eigenvalue weighted by molar-refractivity contribution is 0.0493. The van der Waals surface area contributed by atoms with E-state index in [4.69, 9.17) is 9.47 Å². The summed E-state index contributed by atoms with van der Waals surface area (Å²) in [5, 5.41) is 0. The largest absolute Gasteiger partial charge is 0.382 e. The van der Waals surface area contributed by atoms with Crippen molar-refractivity contribution in [1.29, 1.82) is 0 Å². The zero-order chi connectivity index (χ0) is 7.94. The van der Waals surface area contributed by atoms with Crippen LogP contribution in [0.2, 0.25) is 0 Å². The molecule has 0 aromatic carbocycles. The Hall–Kier alpha value is -0.0800. The molecule has 0 unspecified atom stereocenters. The van der Waals surface area contributed by atoms with E-state index in [-0.39, 0.29) is 0 Å². The van der Waals surface area contributed by atoms with Gasteiger partial charge in [-0.1, -0.05) is 0 Å². The van der Waals surface area contributed by atoms with Crippen LogP contribution in [0.4, 0.5) is 0 Å². The Morgan fingerprint density at radius 2 is 2.09 bits per heavy atom. The minimum atomic E-state index is 0.850. The summed E-state index contributed by atoms with van der Waals surface area (Å²) in [5.74, 6) is 0.857. The minimum Gasteiger partial charge on any atom is -0.382 e. The van der Waals surface area contributed by atoms with Gasteiger partial charge in [0.2, 0.25) is 0 Å². The van der Waals surface area contributed by atoms with E-state index in [0.29, 0.717) is 0 Å². The van der Waals surface area contributed by atoms with Gasteiger partial charge in [-0.05, 0) is 32.1 Å². The third-order valence-corrected chi connectivity index (χ3v) is 2.22. The molecule has 0 spiro atoms. The van der Waals surface area contributed by atoms with Crippen molar-refractivity contribution in [1.82, 2.24) is 0 Å². The van der Waals surface area contributed by atoms with Crippen LogP contribution in [0.3, 0.4) is 0 Å². The number of ether oxygens (including phenoxy) is 2. The number of rotatable bonds is 4. The van der Waals surface area contributed by atoms with Crippen molar-refractivity contribution >= 4 is 0 Å². The number of hydrogen-bond acceptors (Lipinski definition) is 2. The maximum atomic E-state index is 5.30. The van der Waals surface area contributed by atoms with Crippen molar-refractivity contribution < 1.29 is 9.47 Å². The summed E-state index contributed by atoms with van der Waals surface area (Å²) in [6.07, 6.45) is 3.68. The summed E-state index contributed by atoms with van der Waals surface area (Å²) in [6.45, 7) is 5.74. The van der Waals surface area contributed by atoms with Gasteiger partial charge in [-0.3, -0.25) is 0 Å². The third kappa shape index (κ3) is 3.73. The van der Waals surface area contributed by atoms with Crippen LogP contribution in [-0.2, 0) is 9.47 Å². The van der Waals surface area contributed by atoms with Crippen molar-refractivity contribution in [3.63, 3.8) is 0 Å². The van der Waals surface area contributed by atoms with Crippen LogP contribution in [0.15, 0.2) is 0 Å². The maximum absolute atomic E-state index is 5.30. The van der Waals surface area contributed by atoms with Crippen LogP contribution in [0.5, 0.6) is 0 Å². The SMILES string of the molecule is CCOCCC1CCOCC1. The lowest BCUT2D eigenvalue weighted by Gasteiger charge is -2.21. The Morgan fingerprint density at radius 1 is 1.36 bits per heavy atom. The molecule has 0 bridgehead atoms. The second kappa shape index (κ2) is 5.56. The second-order valence-electron chi connectivity index (χ2n) is 3.04. The van der Waals surface area contributed by atoms with Gasteiger partial charge in [0, 0.05) is 26.4 Å². The molecule has 11 heavy (non-hydrogen) atoms. The monoisotopic (exact) mass is 158 g/mol. The Labute approximate surface area is 68.9 Å². The highest BCUT2D eigenvalue weighted by atomic mass is 16.5. The summed E-state index contributed by atoms with van der Waals surface area (Å²) in [5.41, 5.74) is 0. The molecule has 0 aliphatic carbocycles. The molecule has 0 N–H and O–H groups in total. The van der Waals surface area contributed by atoms with E-state index in [0.717, 1.165) is 32.3 Å². The topological polar surface area (TPSA) is 18.5 Å². The Bertz CT molecular complexity index is 87.6. The fourth-order valence-electron chi connectivity index (χ4n) is 1.43. The van der Waals surface area contributed by atoms with Crippen LogP contribution in [0, 0.1) is 5.92 Å². The Morgan fingerprint density at radius 3 is 2.73 bits per heavy atom. The van der Waals surface area contributed by atoms with E-state index in [1.165, 1.54) is 19.3 Å². The van der Waals surface area contributed by atoms with E-state index < -0.39 is 0 Å². The van der Waals surface area contributed by atoms with Gasteiger partial charge in [0.15, 0.2) is 0 Å². The highest BCUT2D eigenvalue weighted by Gasteiger charge is 2.12. The highest BCUT2D eigenvalue weighted by molar-refractivity contribution is 4.62. The van der Waals surface area contributed by atoms with Crippen molar-refractivity contribution in [2.24, 2.45) is 5.92 Å². The zero-order valence-corrected chi connectivity index (χ0v) is 7.34. The maximum Gasteiger partial charge on any atom is 0.0468 e. The molecule has 0 aromatic rings. The summed E-state index contributed by atoms with van der Waals surface area (Å²) in [4.78, 5) is 0. The summed E-state index contributed by atoms with van der Waals surface area (Å²) >= 11 is 0. The number of hydrogen-bond donors (Lipinski definition) is 0. The average molecular weight is 158 g/mol. The molecule has 2 nitrogen and oxygen atoms in total. The molecule has 2 heteroatoms. The van der Waals surface area contributed by atoms with Gasteiger partial charge in [0.1, 0.15) is 0 Å². The van der Waals surface area contributed by atoms with Gasteiger partial charge in [0.05, 0.1) is 0 Å². The normalized spacial score (nSPS) is 20.5. The molecular weight excluding hydrogens is 140 g/mol. The van der Waals surface area contributed by atoms with Crippen molar-refractivity contribution in [3.05, 3.63) is 0 Å². The van der Waals surface area contributed by atoms with E-state index in [2.05, 4.69) is 0 Å². The molecule has 0 saturated carbocycles. The fraction of sp³-hybridized carbons (Fsp3) is 1.00. The molecule has 66 valence electrons. The van der Waals surface area contributed by atoms with E-state index in [1.807, 2.05) is 6.92 Å². The minimum absolute atomic E-state index is 0.850. The third-order valence-electron chi connectivity index (χ3n) is 2.22. The van der Waals surface area contributed by atoms with Gasteiger partial charge in [-0.15, -0.1) is 0 Å². The first kappa shape index (κ1) is 9.01. The lowest BCUT2D eigenvalue weighted by atomic mass is 9.97.